The smallest absolute Gasteiger partial charge is 0.133 e. The van der Waals surface area contributed by atoms with Gasteiger partial charge >= 0.3 is 0 Å². The van der Waals surface area contributed by atoms with E-state index in [9.17, 15) is 4.79 Å². The van der Waals surface area contributed by atoms with E-state index in [0.717, 1.165) is 23.0 Å². The number of fused-ring (bicyclic) bond motifs is 1. The molecule has 0 aliphatic heterocycles. The number of carbonyl (C=O) groups excluding carboxylic acids is 1. The fraction of sp³-hybridized carbons (Fsp3) is 0.357. The van der Waals surface area contributed by atoms with E-state index in [4.69, 9.17) is 0 Å². The topological polar surface area (TPSA) is 42.9 Å². The van der Waals surface area contributed by atoms with Crippen molar-refractivity contribution in [3.8, 4) is 0 Å². The Morgan fingerprint density at radius 3 is 2.76 bits per heavy atom. The van der Waals surface area contributed by atoms with Crippen LogP contribution in [0, 0.1) is 5.92 Å². The zero-order valence-electron chi connectivity index (χ0n) is 10.2. The molecule has 88 valence electrons. The van der Waals surface area contributed by atoms with E-state index in [0.29, 0.717) is 6.42 Å². The van der Waals surface area contributed by atoms with E-state index in [1.54, 1.807) is 13.3 Å². The highest BCUT2D eigenvalue weighted by Gasteiger charge is 2.15. The summed E-state index contributed by atoms with van der Waals surface area (Å²) in [6, 6.07) is 7.91. The number of benzene rings is 1. The first kappa shape index (κ1) is 11.7. The number of nitrogens with zero attached hydrogens (tertiary/aromatic N) is 2. The lowest BCUT2D eigenvalue weighted by molar-refractivity contribution is -0.120. The fourth-order valence-electron chi connectivity index (χ4n) is 2.03. The molecule has 0 saturated carbocycles. The Balaban J connectivity index is 2.38. The second kappa shape index (κ2) is 5.04. The summed E-state index contributed by atoms with van der Waals surface area (Å²) in [7, 11) is 0. The second-order valence-corrected chi connectivity index (χ2v) is 4.26. The summed E-state index contributed by atoms with van der Waals surface area (Å²) in [4.78, 5) is 20.0. The van der Waals surface area contributed by atoms with Gasteiger partial charge in [0.25, 0.3) is 0 Å². The van der Waals surface area contributed by atoms with Crippen LogP contribution >= 0.6 is 0 Å². The van der Waals surface area contributed by atoms with Crippen molar-refractivity contribution in [3.63, 3.8) is 0 Å². The van der Waals surface area contributed by atoms with Gasteiger partial charge in [-0.3, -0.25) is 4.79 Å². The van der Waals surface area contributed by atoms with Crippen molar-refractivity contribution < 1.29 is 4.79 Å². The van der Waals surface area contributed by atoms with E-state index >= 15 is 0 Å². The minimum absolute atomic E-state index is 0.0632. The largest absolute Gasteiger partial charge is 0.300 e. The van der Waals surface area contributed by atoms with Crippen LogP contribution in [0.3, 0.4) is 0 Å². The molecule has 0 saturated heterocycles. The Kier molecular flexibility index (Phi) is 3.47. The molecule has 17 heavy (non-hydrogen) atoms. The molecule has 0 N–H and O–H groups in total. The third-order valence-electron chi connectivity index (χ3n) is 3.13. The first-order valence-corrected chi connectivity index (χ1v) is 5.91. The van der Waals surface area contributed by atoms with E-state index in [2.05, 4.69) is 9.97 Å². The number of hydrogen-bond donors (Lipinski definition) is 0. The van der Waals surface area contributed by atoms with Crippen LogP contribution < -0.4 is 0 Å². The van der Waals surface area contributed by atoms with Crippen LogP contribution in [0.4, 0.5) is 0 Å². The Hall–Kier alpha value is -1.77. The number of ketones is 1. The molecule has 3 nitrogen and oxygen atoms in total. The van der Waals surface area contributed by atoms with Crippen molar-refractivity contribution >= 4 is 16.7 Å². The highest BCUT2D eigenvalue weighted by molar-refractivity contribution is 5.82. The van der Waals surface area contributed by atoms with Crippen molar-refractivity contribution in [1.82, 2.24) is 9.97 Å². The summed E-state index contributed by atoms with van der Waals surface area (Å²) in [5, 5.41) is 1.05. The van der Waals surface area contributed by atoms with Crippen LogP contribution in [0.15, 0.2) is 30.6 Å². The van der Waals surface area contributed by atoms with Gasteiger partial charge in [0.15, 0.2) is 0 Å². The molecule has 0 fully saturated rings. The normalized spacial score (nSPS) is 12.6. The Bertz CT molecular complexity index is 531. The van der Waals surface area contributed by atoms with Gasteiger partial charge in [0.2, 0.25) is 0 Å². The van der Waals surface area contributed by atoms with Crippen LogP contribution in [0.1, 0.15) is 26.0 Å². The van der Waals surface area contributed by atoms with Crippen LogP contribution in [0.25, 0.3) is 10.9 Å². The lowest BCUT2D eigenvalue weighted by atomic mass is 9.95. The summed E-state index contributed by atoms with van der Waals surface area (Å²) in [5.41, 5.74) is 1.91. The highest BCUT2D eigenvalue weighted by Crippen LogP contribution is 2.19. The van der Waals surface area contributed by atoms with E-state index in [1.165, 1.54) is 0 Å². The molecule has 0 spiro atoms. The summed E-state index contributed by atoms with van der Waals surface area (Å²) in [5.74, 6) is 0.295. The average molecular weight is 228 g/mol. The maximum absolute atomic E-state index is 11.5. The van der Waals surface area contributed by atoms with Gasteiger partial charge < -0.3 is 0 Å². The summed E-state index contributed by atoms with van der Waals surface area (Å²) < 4.78 is 0. The van der Waals surface area contributed by atoms with E-state index < -0.39 is 0 Å². The molecular weight excluding hydrogens is 212 g/mol. The lowest BCUT2D eigenvalue weighted by Crippen LogP contribution is -2.14. The first-order valence-electron chi connectivity index (χ1n) is 5.91. The number of aromatic nitrogens is 2. The zero-order chi connectivity index (χ0) is 12.3. The third kappa shape index (κ3) is 2.49. The van der Waals surface area contributed by atoms with Crippen LogP contribution in [-0.4, -0.2) is 15.8 Å². The van der Waals surface area contributed by atoms with Gasteiger partial charge in [0.05, 0.1) is 11.2 Å². The predicted octanol–water partition coefficient (Wildman–Crippen LogP) is 2.79. The summed E-state index contributed by atoms with van der Waals surface area (Å²) >= 11 is 0. The molecule has 2 aromatic rings. The fourth-order valence-corrected chi connectivity index (χ4v) is 2.03. The predicted molar refractivity (Wildman–Crippen MR) is 67.7 cm³/mol. The van der Waals surface area contributed by atoms with Crippen LogP contribution in [0.2, 0.25) is 0 Å². The van der Waals surface area contributed by atoms with Crippen molar-refractivity contribution in [1.29, 1.82) is 0 Å². The molecule has 1 aromatic carbocycles. The molecule has 3 heteroatoms. The number of Topliss-reactive ketones (excluding diaryl/α,β-unsaturated/α-hetero) is 1. The van der Waals surface area contributed by atoms with Gasteiger partial charge in [-0.1, -0.05) is 25.1 Å². The minimum Gasteiger partial charge on any atom is -0.300 e. The van der Waals surface area contributed by atoms with Gasteiger partial charge in [-0.25, -0.2) is 9.97 Å². The maximum atomic E-state index is 11.5. The molecule has 1 aromatic heterocycles. The lowest BCUT2D eigenvalue weighted by Gasteiger charge is -2.11. The van der Waals surface area contributed by atoms with Crippen molar-refractivity contribution in [3.05, 3.63) is 36.3 Å². The number of carbonyl (C=O) groups is 1. The number of hydrogen-bond acceptors (Lipinski definition) is 3. The standard InChI is InChI=1S/C14H16N2O/c1-3-11(10(2)17)8-14-12-6-4-5-7-13(12)15-9-16-14/h4-7,9,11H,3,8H2,1-2H3. The molecule has 2 rings (SSSR count). The average Bonchev–Trinajstić information content (AvgIpc) is 2.35. The maximum Gasteiger partial charge on any atom is 0.133 e. The van der Waals surface area contributed by atoms with Crippen molar-refractivity contribution in [2.45, 2.75) is 26.7 Å². The van der Waals surface area contributed by atoms with Crippen LogP contribution in [0.5, 0.6) is 0 Å². The van der Waals surface area contributed by atoms with Gasteiger partial charge in [-0.15, -0.1) is 0 Å². The summed E-state index contributed by atoms with van der Waals surface area (Å²) in [6.07, 6.45) is 3.13. The molecule has 0 bridgehead atoms. The van der Waals surface area contributed by atoms with E-state index in [-0.39, 0.29) is 11.7 Å². The Labute approximate surface area is 101 Å². The van der Waals surface area contributed by atoms with Crippen molar-refractivity contribution in [2.75, 3.05) is 0 Å². The summed E-state index contributed by atoms with van der Waals surface area (Å²) in [6.45, 7) is 3.69. The van der Waals surface area contributed by atoms with Gasteiger partial charge in [0, 0.05) is 17.7 Å². The molecule has 0 aliphatic rings. The first-order chi connectivity index (χ1) is 8.22. The van der Waals surface area contributed by atoms with Gasteiger partial charge in [0.1, 0.15) is 12.1 Å². The second-order valence-electron chi connectivity index (χ2n) is 4.26. The molecule has 1 atom stereocenters. The monoisotopic (exact) mass is 228 g/mol. The van der Waals surface area contributed by atoms with Crippen molar-refractivity contribution in [2.24, 2.45) is 5.92 Å². The van der Waals surface area contributed by atoms with Gasteiger partial charge in [-0.05, 0) is 19.4 Å². The van der Waals surface area contributed by atoms with E-state index in [1.807, 2.05) is 31.2 Å². The molecule has 0 amide bonds. The van der Waals surface area contributed by atoms with Crippen LogP contribution in [-0.2, 0) is 11.2 Å². The van der Waals surface area contributed by atoms with Gasteiger partial charge in [-0.2, -0.15) is 0 Å². The SMILES string of the molecule is CCC(Cc1ncnc2ccccc12)C(C)=O. The zero-order valence-corrected chi connectivity index (χ0v) is 10.2. The molecule has 0 radical (unpaired) electrons. The molecule has 0 aliphatic carbocycles. The highest BCUT2D eigenvalue weighted by atomic mass is 16.1. The molecule has 1 heterocycles. The Morgan fingerprint density at radius 2 is 2.06 bits per heavy atom. The molecular formula is C14H16N2O. The number of para-hydroxylation sites is 1. The quantitative estimate of drug-likeness (QED) is 0.808. The molecule has 1 unspecified atom stereocenters. The number of rotatable bonds is 4. The third-order valence-corrected chi connectivity index (χ3v) is 3.13. The Morgan fingerprint density at radius 1 is 1.29 bits per heavy atom. The minimum atomic E-state index is 0.0632.